The molecular weight excluding hydrogens is 344 g/mol. The molecule has 0 radical (unpaired) electrons. The van der Waals surface area contributed by atoms with Crippen molar-refractivity contribution in [3.05, 3.63) is 42.7 Å². The SMILES string of the molecule is CN1CCC(n2ncc3[nH]c(-c4ccc(-c5ccccn5)s4)nc32)CC1. The Labute approximate surface area is 155 Å². The van der Waals surface area contributed by atoms with Crippen molar-refractivity contribution in [3.8, 4) is 21.3 Å². The van der Waals surface area contributed by atoms with Crippen molar-refractivity contribution in [3.63, 3.8) is 0 Å². The summed E-state index contributed by atoms with van der Waals surface area (Å²) < 4.78 is 2.11. The van der Waals surface area contributed by atoms with E-state index in [1.54, 1.807) is 11.3 Å². The molecule has 4 aromatic heterocycles. The highest BCUT2D eigenvalue weighted by Crippen LogP contribution is 2.33. The third-order valence-electron chi connectivity index (χ3n) is 5.03. The number of fused-ring (bicyclic) bond motifs is 1. The first-order valence-corrected chi connectivity index (χ1v) is 9.73. The molecule has 5 heterocycles. The lowest BCUT2D eigenvalue weighted by Gasteiger charge is -2.28. The summed E-state index contributed by atoms with van der Waals surface area (Å²) >= 11 is 1.71. The zero-order valence-electron chi connectivity index (χ0n) is 14.6. The fourth-order valence-electron chi connectivity index (χ4n) is 3.55. The van der Waals surface area contributed by atoms with Gasteiger partial charge in [-0.25, -0.2) is 9.67 Å². The van der Waals surface area contributed by atoms with Crippen molar-refractivity contribution in [1.29, 1.82) is 0 Å². The minimum atomic E-state index is 0.437. The Kier molecular flexibility index (Phi) is 3.83. The van der Waals surface area contributed by atoms with E-state index < -0.39 is 0 Å². The molecule has 1 saturated heterocycles. The molecule has 1 fully saturated rings. The van der Waals surface area contributed by atoms with Crippen LogP contribution in [0.15, 0.2) is 42.7 Å². The van der Waals surface area contributed by atoms with Crippen LogP contribution < -0.4 is 0 Å². The number of hydrogen-bond acceptors (Lipinski definition) is 5. The van der Waals surface area contributed by atoms with Crippen LogP contribution >= 0.6 is 11.3 Å². The number of pyridine rings is 1. The predicted octanol–water partition coefficient (Wildman–Crippen LogP) is 3.82. The first-order chi connectivity index (χ1) is 12.8. The molecule has 0 aliphatic carbocycles. The van der Waals surface area contributed by atoms with Gasteiger partial charge in [0.05, 0.1) is 27.7 Å². The molecule has 0 unspecified atom stereocenters. The van der Waals surface area contributed by atoms with E-state index in [2.05, 4.69) is 43.8 Å². The Morgan fingerprint density at radius 1 is 1.12 bits per heavy atom. The van der Waals surface area contributed by atoms with E-state index in [9.17, 15) is 0 Å². The Morgan fingerprint density at radius 2 is 1.96 bits per heavy atom. The topological polar surface area (TPSA) is 62.6 Å². The third-order valence-corrected chi connectivity index (χ3v) is 6.15. The minimum Gasteiger partial charge on any atom is -0.335 e. The number of likely N-dealkylation sites (tertiary alicyclic amines) is 1. The van der Waals surface area contributed by atoms with E-state index in [0.717, 1.165) is 58.4 Å². The van der Waals surface area contributed by atoms with Crippen molar-refractivity contribution in [2.24, 2.45) is 0 Å². The van der Waals surface area contributed by atoms with Gasteiger partial charge >= 0.3 is 0 Å². The number of imidazole rings is 1. The standard InChI is InChI=1S/C19H20N6S/c1-24-10-7-13(8-11-24)25-19-15(12-21-25)22-18(23-19)17-6-5-16(26-17)14-4-2-3-9-20-14/h2-6,9,12-13H,7-8,10-11H2,1H3,(H,22,23). The van der Waals surface area contributed by atoms with Gasteiger partial charge in [-0.3, -0.25) is 4.98 Å². The quantitative estimate of drug-likeness (QED) is 0.600. The molecule has 6 nitrogen and oxygen atoms in total. The monoisotopic (exact) mass is 364 g/mol. The van der Waals surface area contributed by atoms with E-state index in [4.69, 9.17) is 4.98 Å². The Balaban J connectivity index is 1.46. The van der Waals surface area contributed by atoms with Crippen molar-refractivity contribution < 1.29 is 0 Å². The van der Waals surface area contributed by atoms with Gasteiger partial charge in [0.2, 0.25) is 0 Å². The average Bonchev–Trinajstić information content (AvgIpc) is 3.38. The molecule has 0 atom stereocenters. The fraction of sp³-hybridized carbons (Fsp3) is 0.316. The van der Waals surface area contributed by atoms with Gasteiger partial charge in [0.15, 0.2) is 11.5 Å². The first-order valence-electron chi connectivity index (χ1n) is 8.91. The smallest absolute Gasteiger partial charge is 0.177 e. The maximum Gasteiger partial charge on any atom is 0.177 e. The number of piperidine rings is 1. The summed E-state index contributed by atoms with van der Waals surface area (Å²) in [4.78, 5) is 17.4. The van der Waals surface area contributed by atoms with E-state index in [1.807, 2.05) is 30.6 Å². The number of aromatic amines is 1. The average molecular weight is 364 g/mol. The van der Waals surface area contributed by atoms with Crippen LogP contribution in [0.1, 0.15) is 18.9 Å². The fourth-order valence-corrected chi connectivity index (χ4v) is 4.48. The zero-order valence-corrected chi connectivity index (χ0v) is 15.4. The molecule has 1 N–H and O–H groups in total. The number of nitrogens with zero attached hydrogens (tertiary/aromatic N) is 5. The van der Waals surface area contributed by atoms with Gasteiger partial charge in [0, 0.05) is 6.20 Å². The Morgan fingerprint density at radius 3 is 2.77 bits per heavy atom. The molecule has 0 saturated carbocycles. The highest BCUT2D eigenvalue weighted by molar-refractivity contribution is 7.18. The normalized spacial score (nSPS) is 16.5. The number of hydrogen-bond donors (Lipinski definition) is 1. The van der Waals surface area contributed by atoms with E-state index >= 15 is 0 Å². The zero-order chi connectivity index (χ0) is 17.5. The molecule has 0 aromatic carbocycles. The second kappa shape index (κ2) is 6.34. The molecule has 4 aromatic rings. The number of H-pyrrole nitrogens is 1. The lowest BCUT2D eigenvalue weighted by molar-refractivity contribution is 0.215. The van der Waals surface area contributed by atoms with E-state index in [1.165, 1.54) is 0 Å². The molecule has 5 rings (SSSR count). The largest absolute Gasteiger partial charge is 0.335 e. The molecule has 26 heavy (non-hydrogen) atoms. The Bertz CT molecular complexity index is 1020. The van der Waals surface area contributed by atoms with Crippen LogP contribution in [-0.4, -0.2) is 49.8 Å². The van der Waals surface area contributed by atoms with Gasteiger partial charge < -0.3 is 9.88 Å². The highest BCUT2D eigenvalue weighted by Gasteiger charge is 2.22. The summed E-state index contributed by atoms with van der Waals surface area (Å²) in [6.07, 6.45) is 5.97. The number of rotatable bonds is 3. The van der Waals surface area contributed by atoms with Crippen LogP contribution in [0.25, 0.3) is 32.4 Å². The minimum absolute atomic E-state index is 0.437. The van der Waals surface area contributed by atoms with Crippen LogP contribution in [0.5, 0.6) is 0 Å². The molecule has 7 heteroatoms. The lowest BCUT2D eigenvalue weighted by atomic mass is 10.1. The highest BCUT2D eigenvalue weighted by atomic mass is 32.1. The number of aromatic nitrogens is 5. The molecule has 1 aliphatic rings. The van der Waals surface area contributed by atoms with E-state index in [-0.39, 0.29) is 0 Å². The van der Waals surface area contributed by atoms with Gasteiger partial charge in [0.1, 0.15) is 5.52 Å². The van der Waals surface area contributed by atoms with Crippen molar-refractivity contribution in [1.82, 2.24) is 29.6 Å². The summed E-state index contributed by atoms with van der Waals surface area (Å²) in [5.74, 6) is 0.909. The van der Waals surface area contributed by atoms with Gasteiger partial charge in [-0.1, -0.05) is 6.07 Å². The van der Waals surface area contributed by atoms with Crippen LogP contribution in [0.3, 0.4) is 0 Å². The van der Waals surface area contributed by atoms with Crippen molar-refractivity contribution in [2.75, 3.05) is 20.1 Å². The summed E-state index contributed by atoms with van der Waals surface area (Å²) in [5.41, 5.74) is 2.96. The number of thiophene rings is 1. The van der Waals surface area contributed by atoms with Gasteiger partial charge in [-0.15, -0.1) is 11.3 Å². The van der Waals surface area contributed by atoms with Crippen LogP contribution in [-0.2, 0) is 0 Å². The summed E-state index contributed by atoms with van der Waals surface area (Å²) in [7, 11) is 2.18. The second-order valence-electron chi connectivity index (χ2n) is 6.83. The van der Waals surface area contributed by atoms with Crippen molar-refractivity contribution in [2.45, 2.75) is 18.9 Å². The lowest BCUT2D eigenvalue weighted by Crippen LogP contribution is -2.31. The van der Waals surface area contributed by atoms with Crippen LogP contribution in [0.2, 0.25) is 0 Å². The summed E-state index contributed by atoms with van der Waals surface area (Å²) in [6.45, 7) is 2.23. The summed E-state index contributed by atoms with van der Waals surface area (Å²) in [5, 5.41) is 4.59. The van der Waals surface area contributed by atoms with Crippen molar-refractivity contribution >= 4 is 22.5 Å². The van der Waals surface area contributed by atoms with Gasteiger partial charge in [-0.2, -0.15) is 5.10 Å². The number of nitrogens with one attached hydrogen (secondary N) is 1. The maximum atomic E-state index is 4.87. The molecule has 0 bridgehead atoms. The van der Waals surface area contributed by atoms with Gasteiger partial charge in [0.25, 0.3) is 0 Å². The summed E-state index contributed by atoms with van der Waals surface area (Å²) in [6, 6.07) is 10.6. The molecular formula is C19H20N6S. The molecule has 0 amide bonds. The Hall–Kier alpha value is -2.51. The molecule has 0 spiro atoms. The van der Waals surface area contributed by atoms with Crippen LogP contribution in [0, 0.1) is 0 Å². The van der Waals surface area contributed by atoms with Gasteiger partial charge in [-0.05, 0) is 57.2 Å². The first kappa shape index (κ1) is 15.7. The molecule has 132 valence electrons. The van der Waals surface area contributed by atoms with E-state index in [0.29, 0.717) is 6.04 Å². The predicted molar refractivity (Wildman–Crippen MR) is 104 cm³/mol. The molecule has 1 aliphatic heterocycles. The maximum absolute atomic E-state index is 4.87. The van der Waals surface area contributed by atoms with Crippen LogP contribution in [0.4, 0.5) is 0 Å². The third kappa shape index (κ3) is 2.73. The second-order valence-corrected chi connectivity index (χ2v) is 7.91.